The molecule has 1 aliphatic heterocycles. The number of benzene rings is 1. The molecule has 19 heavy (non-hydrogen) atoms. The first kappa shape index (κ1) is 13.4. The lowest BCUT2D eigenvalue weighted by molar-refractivity contribution is -0.143. The van der Waals surface area contributed by atoms with Crippen molar-refractivity contribution in [3.63, 3.8) is 0 Å². The number of carbonyl (C=O) groups excluding carboxylic acids is 1. The third-order valence-electron chi connectivity index (χ3n) is 3.53. The van der Waals surface area contributed by atoms with E-state index in [-0.39, 0.29) is 23.8 Å². The molecule has 1 heterocycles. The molecule has 0 bridgehead atoms. The molecule has 0 radical (unpaired) electrons. The van der Waals surface area contributed by atoms with Gasteiger partial charge in [0, 0.05) is 13.1 Å². The Bertz CT molecular complexity index is 512. The standard InChI is InChI=1S/C14H17NO4/c1-9-4-2-6-11(12(9)16)13(17)15-7-3-5-10(8-15)14(18)19/h2,4,6,10,16H,3,5,7-8H2,1H3,(H,18,19). The van der Waals surface area contributed by atoms with Crippen LogP contribution in [0, 0.1) is 12.8 Å². The molecule has 5 heteroatoms. The van der Waals surface area contributed by atoms with Gasteiger partial charge in [0.25, 0.3) is 5.91 Å². The number of phenols is 1. The first-order chi connectivity index (χ1) is 9.00. The molecule has 2 N–H and O–H groups in total. The lowest BCUT2D eigenvalue weighted by Gasteiger charge is -2.31. The summed E-state index contributed by atoms with van der Waals surface area (Å²) in [6, 6.07) is 5.00. The molecule has 1 aliphatic rings. The van der Waals surface area contributed by atoms with Crippen molar-refractivity contribution in [3.8, 4) is 5.75 Å². The summed E-state index contributed by atoms with van der Waals surface area (Å²) in [5.41, 5.74) is 0.878. The summed E-state index contributed by atoms with van der Waals surface area (Å²) in [5.74, 6) is -1.70. The Kier molecular flexibility index (Phi) is 3.74. The highest BCUT2D eigenvalue weighted by molar-refractivity contribution is 5.97. The third-order valence-corrected chi connectivity index (χ3v) is 3.53. The van der Waals surface area contributed by atoms with Gasteiger partial charge in [0.15, 0.2) is 0 Å². The first-order valence-electron chi connectivity index (χ1n) is 6.31. The maximum absolute atomic E-state index is 12.3. The molecule has 2 rings (SSSR count). The summed E-state index contributed by atoms with van der Waals surface area (Å²) >= 11 is 0. The smallest absolute Gasteiger partial charge is 0.308 e. The van der Waals surface area contributed by atoms with Gasteiger partial charge in [-0.05, 0) is 31.4 Å². The minimum absolute atomic E-state index is 0.0232. The molecule has 0 aliphatic carbocycles. The van der Waals surface area contributed by atoms with E-state index in [2.05, 4.69) is 0 Å². The lowest BCUT2D eigenvalue weighted by atomic mass is 9.97. The van der Waals surface area contributed by atoms with Crippen LogP contribution >= 0.6 is 0 Å². The fourth-order valence-electron chi connectivity index (χ4n) is 2.37. The monoisotopic (exact) mass is 263 g/mol. The van der Waals surface area contributed by atoms with Gasteiger partial charge in [0.05, 0.1) is 11.5 Å². The molecule has 0 spiro atoms. The van der Waals surface area contributed by atoms with Crippen LogP contribution < -0.4 is 0 Å². The summed E-state index contributed by atoms with van der Waals surface area (Å²) in [6.07, 6.45) is 1.27. The minimum atomic E-state index is -0.869. The maximum atomic E-state index is 12.3. The van der Waals surface area contributed by atoms with Crippen LogP contribution in [0.25, 0.3) is 0 Å². The highest BCUT2D eigenvalue weighted by Crippen LogP contribution is 2.25. The lowest BCUT2D eigenvalue weighted by Crippen LogP contribution is -2.42. The number of para-hydroxylation sites is 1. The van der Waals surface area contributed by atoms with Crippen LogP contribution in [0.4, 0.5) is 0 Å². The van der Waals surface area contributed by atoms with E-state index in [4.69, 9.17) is 5.11 Å². The zero-order valence-corrected chi connectivity index (χ0v) is 10.8. The van der Waals surface area contributed by atoms with Crippen molar-refractivity contribution in [2.45, 2.75) is 19.8 Å². The van der Waals surface area contributed by atoms with Crippen molar-refractivity contribution in [1.82, 2.24) is 4.90 Å². The molecular weight excluding hydrogens is 246 g/mol. The van der Waals surface area contributed by atoms with Gasteiger partial charge in [-0.2, -0.15) is 0 Å². The van der Waals surface area contributed by atoms with Crippen molar-refractivity contribution in [1.29, 1.82) is 0 Å². The van der Waals surface area contributed by atoms with Crippen molar-refractivity contribution < 1.29 is 19.8 Å². The number of hydrogen-bond donors (Lipinski definition) is 2. The predicted octanol–water partition coefficient (Wildman–Crippen LogP) is 1.64. The molecule has 1 aromatic rings. The average molecular weight is 263 g/mol. The highest BCUT2D eigenvalue weighted by atomic mass is 16.4. The van der Waals surface area contributed by atoms with Crippen molar-refractivity contribution in [2.75, 3.05) is 13.1 Å². The van der Waals surface area contributed by atoms with Crippen LogP contribution in [0.3, 0.4) is 0 Å². The molecule has 0 aromatic heterocycles. The topological polar surface area (TPSA) is 77.8 Å². The van der Waals surface area contributed by atoms with Crippen molar-refractivity contribution in [3.05, 3.63) is 29.3 Å². The number of carboxylic acids is 1. The average Bonchev–Trinajstić information content (AvgIpc) is 2.41. The highest BCUT2D eigenvalue weighted by Gasteiger charge is 2.29. The minimum Gasteiger partial charge on any atom is -0.507 e. The second kappa shape index (κ2) is 5.30. The molecule has 102 valence electrons. The number of piperidine rings is 1. The molecule has 1 saturated heterocycles. The van der Waals surface area contributed by atoms with E-state index >= 15 is 0 Å². The first-order valence-corrected chi connectivity index (χ1v) is 6.31. The number of phenolic OH excluding ortho intramolecular Hbond substituents is 1. The van der Waals surface area contributed by atoms with Gasteiger partial charge in [-0.25, -0.2) is 0 Å². The molecular formula is C14H17NO4. The van der Waals surface area contributed by atoms with E-state index in [1.165, 1.54) is 4.90 Å². The number of rotatable bonds is 2. The second-order valence-electron chi connectivity index (χ2n) is 4.90. The SMILES string of the molecule is Cc1cccc(C(=O)N2CCCC(C(=O)O)C2)c1O. The Morgan fingerprint density at radius 1 is 1.37 bits per heavy atom. The van der Waals surface area contributed by atoms with Gasteiger partial charge in [0.2, 0.25) is 0 Å². The van der Waals surface area contributed by atoms with E-state index in [9.17, 15) is 14.7 Å². The van der Waals surface area contributed by atoms with Crippen LogP contribution in [0.15, 0.2) is 18.2 Å². The van der Waals surface area contributed by atoms with Crippen molar-refractivity contribution in [2.24, 2.45) is 5.92 Å². The van der Waals surface area contributed by atoms with Crippen LogP contribution in [-0.4, -0.2) is 40.1 Å². The molecule has 5 nitrogen and oxygen atoms in total. The van der Waals surface area contributed by atoms with Crippen LogP contribution in [0.1, 0.15) is 28.8 Å². The van der Waals surface area contributed by atoms with Crippen LogP contribution in [-0.2, 0) is 4.79 Å². The quantitative estimate of drug-likeness (QED) is 0.850. The number of hydrogen-bond acceptors (Lipinski definition) is 3. The predicted molar refractivity (Wildman–Crippen MR) is 69.1 cm³/mol. The van der Waals surface area contributed by atoms with Gasteiger partial charge in [-0.1, -0.05) is 12.1 Å². The Hall–Kier alpha value is -2.04. The number of likely N-dealkylation sites (tertiary alicyclic amines) is 1. The van der Waals surface area contributed by atoms with E-state index in [1.807, 2.05) is 0 Å². The Morgan fingerprint density at radius 2 is 2.11 bits per heavy atom. The maximum Gasteiger partial charge on any atom is 0.308 e. The zero-order valence-electron chi connectivity index (χ0n) is 10.8. The van der Waals surface area contributed by atoms with Crippen molar-refractivity contribution >= 4 is 11.9 Å². The number of carboxylic acid groups (broad SMARTS) is 1. The number of amides is 1. The molecule has 1 amide bonds. The third kappa shape index (κ3) is 2.70. The van der Waals surface area contributed by atoms with E-state index in [0.29, 0.717) is 24.9 Å². The zero-order chi connectivity index (χ0) is 14.0. The Labute approximate surface area is 111 Å². The van der Waals surface area contributed by atoms with Gasteiger partial charge < -0.3 is 15.1 Å². The number of carbonyl (C=O) groups is 2. The van der Waals surface area contributed by atoms with Gasteiger partial charge in [0.1, 0.15) is 5.75 Å². The van der Waals surface area contributed by atoms with Crippen LogP contribution in [0.5, 0.6) is 5.75 Å². The number of nitrogens with zero attached hydrogens (tertiary/aromatic N) is 1. The van der Waals surface area contributed by atoms with E-state index in [0.717, 1.165) is 0 Å². The number of aromatic hydroxyl groups is 1. The largest absolute Gasteiger partial charge is 0.507 e. The van der Waals surface area contributed by atoms with Gasteiger partial charge in [-0.15, -0.1) is 0 Å². The fourth-order valence-corrected chi connectivity index (χ4v) is 2.37. The Balaban J connectivity index is 2.19. The van der Waals surface area contributed by atoms with Gasteiger partial charge in [-0.3, -0.25) is 9.59 Å². The molecule has 0 saturated carbocycles. The van der Waals surface area contributed by atoms with E-state index in [1.54, 1.807) is 25.1 Å². The summed E-state index contributed by atoms with van der Waals surface area (Å²) < 4.78 is 0. The molecule has 1 atom stereocenters. The summed E-state index contributed by atoms with van der Waals surface area (Å²) in [6.45, 7) is 2.47. The molecule has 1 aromatic carbocycles. The Morgan fingerprint density at radius 3 is 2.79 bits per heavy atom. The van der Waals surface area contributed by atoms with Crippen LogP contribution in [0.2, 0.25) is 0 Å². The number of aliphatic carboxylic acids is 1. The summed E-state index contributed by atoms with van der Waals surface area (Å²) in [7, 11) is 0. The van der Waals surface area contributed by atoms with E-state index < -0.39 is 11.9 Å². The number of aryl methyl sites for hydroxylation is 1. The summed E-state index contributed by atoms with van der Waals surface area (Å²) in [5, 5.41) is 18.9. The van der Waals surface area contributed by atoms with Gasteiger partial charge >= 0.3 is 5.97 Å². The molecule has 1 unspecified atom stereocenters. The fraction of sp³-hybridized carbons (Fsp3) is 0.429. The molecule has 1 fully saturated rings. The normalized spacial score (nSPS) is 19.2. The summed E-state index contributed by atoms with van der Waals surface area (Å²) in [4.78, 5) is 24.8. The second-order valence-corrected chi connectivity index (χ2v) is 4.90.